The van der Waals surface area contributed by atoms with Crippen molar-refractivity contribution in [3.63, 3.8) is 0 Å². The summed E-state index contributed by atoms with van der Waals surface area (Å²) >= 11 is 0. The van der Waals surface area contributed by atoms with E-state index >= 15 is 0 Å². The summed E-state index contributed by atoms with van der Waals surface area (Å²) in [5.74, 6) is -0.218. The number of ether oxygens (including phenoxy) is 2. The van der Waals surface area contributed by atoms with Gasteiger partial charge in [-0.05, 0) is 43.8 Å². The van der Waals surface area contributed by atoms with Crippen molar-refractivity contribution in [2.24, 2.45) is 5.73 Å². The van der Waals surface area contributed by atoms with Gasteiger partial charge in [0.15, 0.2) is 0 Å². The van der Waals surface area contributed by atoms with Gasteiger partial charge in [-0.15, -0.1) is 0 Å². The van der Waals surface area contributed by atoms with Crippen LogP contribution in [-0.4, -0.2) is 69.3 Å². The van der Waals surface area contributed by atoms with Crippen molar-refractivity contribution < 1.29 is 18.7 Å². The minimum absolute atomic E-state index is 0.186. The number of hydrogen-bond donors (Lipinski definition) is 2. The van der Waals surface area contributed by atoms with Crippen molar-refractivity contribution in [3.05, 3.63) is 53.3 Å². The van der Waals surface area contributed by atoms with Crippen molar-refractivity contribution >= 4 is 34.0 Å². The molecule has 2 aromatic carbocycles. The van der Waals surface area contributed by atoms with Gasteiger partial charge in [0.2, 0.25) is 0 Å². The lowest BCUT2D eigenvalue weighted by atomic mass is 10.1. The molecule has 0 saturated carbocycles. The fourth-order valence-electron chi connectivity index (χ4n) is 3.98. The maximum absolute atomic E-state index is 14.4. The molecule has 3 aromatic rings. The van der Waals surface area contributed by atoms with Crippen molar-refractivity contribution in [1.29, 1.82) is 0 Å². The summed E-state index contributed by atoms with van der Waals surface area (Å²) in [5, 5.41) is 3.69. The monoisotopic (exact) mass is 467 g/mol. The molecule has 34 heavy (non-hydrogen) atoms. The summed E-state index contributed by atoms with van der Waals surface area (Å²) in [4.78, 5) is 21.4. The summed E-state index contributed by atoms with van der Waals surface area (Å²) in [5.41, 5.74) is 8.48. The molecule has 4 rings (SSSR count). The summed E-state index contributed by atoms with van der Waals surface area (Å²) < 4.78 is 25.6. The third kappa shape index (κ3) is 5.21. The number of nitrogens with two attached hydrogens (primary N) is 1. The molecule has 0 radical (unpaired) electrons. The number of benzene rings is 2. The Labute approximate surface area is 198 Å². The largest absolute Gasteiger partial charge is 0.489 e. The van der Waals surface area contributed by atoms with E-state index in [1.165, 1.54) is 6.07 Å². The van der Waals surface area contributed by atoms with Crippen LogP contribution in [0.25, 0.3) is 10.9 Å². The number of likely N-dealkylation sites (N-methyl/N-ethyl adjacent to an activating group) is 1. The number of aromatic nitrogens is 1. The molecule has 0 aliphatic carbocycles. The molecule has 0 spiro atoms. The van der Waals surface area contributed by atoms with Crippen molar-refractivity contribution in [2.45, 2.75) is 6.92 Å². The SMILES string of the molecule is COCCOc1cc2nc(Nc3cc(C)ccc3F)c(C(N)=O)cc2cc1N1CCN(C)CC1. The highest BCUT2D eigenvalue weighted by atomic mass is 19.1. The third-order valence-corrected chi connectivity index (χ3v) is 5.92. The third-order valence-electron chi connectivity index (χ3n) is 5.92. The van der Waals surface area contributed by atoms with E-state index < -0.39 is 11.7 Å². The number of fused-ring (bicyclic) bond motifs is 1. The number of carbonyl (C=O) groups excluding carboxylic acids is 1. The van der Waals surface area contributed by atoms with Gasteiger partial charge < -0.3 is 30.3 Å². The lowest BCUT2D eigenvalue weighted by Crippen LogP contribution is -2.44. The van der Waals surface area contributed by atoms with Crippen LogP contribution in [0.2, 0.25) is 0 Å². The highest BCUT2D eigenvalue weighted by Crippen LogP contribution is 2.35. The van der Waals surface area contributed by atoms with Crippen LogP contribution in [0.3, 0.4) is 0 Å². The van der Waals surface area contributed by atoms with E-state index in [4.69, 9.17) is 15.2 Å². The number of nitrogens with zero attached hydrogens (tertiary/aromatic N) is 3. The molecule has 9 heteroatoms. The number of halogens is 1. The smallest absolute Gasteiger partial charge is 0.252 e. The van der Waals surface area contributed by atoms with Gasteiger partial charge in [-0.1, -0.05) is 6.07 Å². The lowest BCUT2D eigenvalue weighted by molar-refractivity contribution is 0.100. The van der Waals surface area contributed by atoms with Crippen LogP contribution in [0, 0.1) is 12.7 Å². The van der Waals surface area contributed by atoms with Gasteiger partial charge in [0, 0.05) is 44.7 Å². The lowest BCUT2D eigenvalue weighted by Gasteiger charge is -2.35. The van der Waals surface area contributed by atoms with Crippen LogP contribution < -0.4 is 20.7 Å². The molecule has 8 nitrogen and oxygen atoms in total. The van der Waals surface area contributed by atoms with Crippen LogP contribution in [0.5, 0.6) is 5.75 Å². The molecule has 1 amide bonds. The van der Waals surface area contributed by atoms with Crippen molar-refractivity contribution in [3.8, 4) is 5.75 Å². The van der Waals surface area contributed by atoms with Gasteiger partial charge in [0.1, 0.15) is 24.0 Å². The van der Waals surface area contributed by atoms with Crippen LogP contribution in [0.4, 0.5) is 21.6 Å². The minimum atomic E-state index is -0.647. The summed E-state index contributed by atoms with van der Waals surface area (Å²) in [6.45, 7) is 6.28. The van der Waals surface area contributed by atoms with E-state index in [-0.39, 0.29) is 17.1 Å². The molecule has 0 atom stereocenters. The van der Waals surface area contributed by atoms with E-state index in [1.54, 1.807) is 25.3 Å². The highest BCUT2D eigenvalue weighted by molar-refractivity contribution is 6.02. The normalized spacial score (nSPS) is 14.4. The number of carbonyl (C=O) groups is 1. The van der Waals surface area contributed by atoms with Crippen molar-refractivity contribution in [1.82, 2.24) is 9.88 Å². The zero-order chi connectivity index (χ0) is 24.2. The average Bonchev–Trinajstić information content (AvgIpc) is 2.81. The molecule has 3 N–H and O–H groups in total. The maximum atomic E-state index is 14.4. The van der Waals surface area contributed by atoms with E-state index in [9.17, 15) is 9.18 Å². The first-order valence-corrected chi connectivity index (χ1v) is 11.2. The van der Waals surface area contributed by atoms with E-state index in [0.717, 1.165) is 42.8 Å². The van der Waals surface area contributed by atoms with Crippen LogP contribution in [-0.2, 0) is 4.74 Å². The second-order valence-corrected chi connectivity index (χ2v) is 8.50. The Balaban J connectivity index is 1.79. The standard InChI is InChI=1S/C25H30FN5O3/c1-16-4-5-19(26)21(12-16)29-25-18(24(27)32)13-17-14-22(31-8-6-30(2)7-9-31)23(15-20(17)28-25)34-11-10-33-3/h4-5,12-15H,6-11H2,1-3H3,(H2,27,32)(H,28,29). The molecule has 1 aromatic heterocycles. The fourth-order valence-corrected chi connectivity index (χ4v) is 3.98. The molecule has 1 saturated heterocycles. The Kier molecular flexibility index (Phi) is 7.14. The number of hydrogen-bond acceptors (Lipinski definition) is 7. The number of rotatable bonds is 8. The molecule has 0 bridgehead atoms. The quantitative estimate of drug-likeness (QED) is 0.491. The second kappa shape index (κ2) is 10.2. The Hall–Kier alpha value is -3.43. The van der Waals surface area contributed by atoms with E-state index in [2.05, 4.69) is 27.1 Å². The molecule has 180 valence electrons. The van der Waals surface area contributed by atoms with Gasteiger partial charge in [-0.25, -0.2) is 9.37 Å². The topological polar surface area (TPSA) is 92.9 Å². The summed E-state index contributed by atoms with van der Waals surface area (Å²) in [7, 11) is 3.73. The van der Waals surface area contributed by atoms with Gasteiger partial charge in [0.25, 0.3) is 5.91 Å². The Morgan fingerprint density at radius 3 is 2.62 bits per heavy atom. The van der Waals surface area contributed by atoms with Crippen LogP contribution in [0.15, 0.2) is 36.4 Å². The van der Waals surface area contributed by atoms with Crippen LogP contribution >= 0.6 is 0 Å². The van der Waals surface area contributed by atoms with Gasteiger partial charge >= 0.3 is 0 Å². The van der Waals surface area contributed by atoms with E-state index in [1.807, 2.05) is 19.1 Å². The number of piperazine rings is 1. The van der Waals surface area contributed by atoms with Crippen molar-refractivity contribution in [2.75, 3.05) is 63.8 Å². The number of amides is 1. The molecular formula is C25H30FN5O3. The molecule has 0 unspecified atom stereocenters. The second-order valence-electron chi connectivity index (χ2n) is 8.50. The van der Waals surface area contributed by atoms with Crippen LogP contribution in [0.1, 0.15) is 15.9 Å². The van der Waals surface area contributed by atoms with Gasteiger partial charge in [-0.2, -0.15) is 0 Å². The predicted octanol–water partition coefficient (Wildman–Crippen LogP) is 3.30. The zero-order valence-corrected chi connectivity index (χ0v) is 19.7. The Bertz CT molecular complexity index is 1190. The summed E-state index contributed by atoms with van der Waals surface area (Å²) in [6, 6.07) is 10.2. The fraction of sp³-hybridized carbons (Fsp3) is 0.360. The minimum Gasteiger partial charge on any atom is -0.489 e. The molecule has 1 fully saturated rings. The number of nitrogens with one attached hydrogen (secondary N) is 1. The maximum Gasteiger partial charge on any atom is 0.252 e. The average molecular weight is 468 g/mol. The molecule has 2 heterocycles. The molecule has 1 aliphatic rings. The first-order valence-electron chi connectivity index (χ1n) is 11.2. The van der Waals surface area contributed by atoms with Gasteiger partial charge in [-0.3, -0.25) is 4.79 Å². The molecule has 1 aliphatic heterocycles. The first kappa shape index (κ1) is 23.7. The van der Waals surface area contributed by atoms with E-state index in [0.29, 0.717) is 24.5 Å². The number of anilines is 3. The highest BCUT2D eigenvalue weighted by Gasteiger charge is 2.21. The number of aryl methyl sites for hydroxylation is 1. The Morgan fingerprint density at radius 2 is 1.91 bits per heavy atom. The summed E-state index contributed by atoms with van der Waals surface area (Å²) in [6.07, 6.45) is 0. The number of methoxy groups -OCH3 is 1. The Morgan fingerprint density at radius 1 is 1.15 bits per heavy atom. The first-order chi connectivity index (χ1) is 16.4. The molecular weight excluding hydrogens is 437 g/mol. The number of primary amides is 1. The predicted molar refractivity (Wildman–Crippen MR) is 132 cm³/mol. The zero-order valence-electron chi connectivity index (χ0n) is 19.7. The number of pyridine rings is 1. The van der Waals surface area contributed by atoms with Gasteiger partial charge in [0.05, 0.1) is 29.1 Å².